The molecule has 3 aromatic carbocycles. The molecule has 0 saturated heterocycles. The fraction of sp³-hybridized carbons (Fsp3) is 0.200. The van der Waals surface area contributed by atoms with Crippen LogP contribution in [0.1, 0.15) is 34.3 Å². The van der Waals surface area contributed by atoms with Crippen LogP contribution in [0.15, 0.2) is 101 Å². The lowest BCUT2D eigenvalue weighted by Crippen LogP contribution is -2.41. The Balaban J connectivity index is 1.48. The van der Waals surface area contributed by atoms with Gasteiger partial charge in [0.2, 0.25) is 5.96 Å². The number of rotatable bonds is 8. The summed E-state index contributed by atoms with van der Waals surface area (Å²) in [5, 5.41) is 10.1. The Labute approximate surface area is 232 Å². The number of halogens is 1. The number of hydrazone groups is 1. The van der Waals surface area contributed by atoms with Crippen molar-refractivity contribution in [2.75, 3.05) is 26.8 Å². The van der Waals surface area contributed by atoms with E-state index in [4.69, 9.17) is 26.2 Å². The average Bonchev–Trinajstić information content (AvgIpc) is 3.40. The SMILES string of the molecule is CCOC(=O)/C=C/COc1cccc(C(=O)NC(=NC)N2CC(c3ccccc3)C(c3ccc(Cl)cc3)=N2)c1. The van der Waals surface area contributed by atoms with Gasteiger partial charge in [0.25, 0.3) is 5.91 Å². The van der Waals surface area contributed by atoms with Crippen LogP contribution in [0.4, 0.5) is 0 Å². The summed E-state index contributed by atoms with van der Waals surface area (Å²) in [5.41, 5.74) is 3.31. The number of esters is 1. The van der Waals surface area contributed by atoms with Crippen LogP contribution >= 0.6 is 11.6 Å². The molecule has 200 valence electrons. The number of guanidine groups is 1. The van der Waals surface area contributed by atoms with Gasteiger partial charge in [-0.3, -0.25) is 15.1 Å². The summed E-state index contributed by atoms with van der Waals surface area (Å²) in [4.78, 5) is 28.9. The lowest BCUT2D eigenvalue weighted by Gasteiger charge is -2.18. The number of aliphatic imine (C=N–C) groups is 1. The van der Waals surface area contributed by atoms with Crippen molar-refractivity contribution in [1.82, 2.24) is 10.3 Å². The lowest BCUT2D eigenvalue weighted by molar-refractivity contribution is -0.137. The summed E-state index contributed by atoms with van der Waals surface area (Å²) in [7, 11) is 1.61. The van der Waals surface area contributed by atoms with Gasteiger partial charge in [-0.2, -0.15) is 5.10 Å². The topological polar surface area (TPSA) is 92.6 Å². The summed E-state index contributed by atoms with van der Waals surface area (Å²) in [6.07, 6.45) is 2.86. The quantitative estimate of drug-likeness (QED) is 0.185. The molecule has 0 aliphatic carbocycles. The molecule has 1 heterocycles. The van der Waals surface area contributed by atoms with Gasteiger partial charge in [0, 0.05) is 29.6 Å². The zero-order chi connectivity index (χ0) is 27.6. The van der Waals surface area contributed by atoms with Crippen molar-refractivity contribution in [3.8, 4) is 5.75 Å². The minimum absolute atomic E-state index is 0.0274. The molecule has 1 aliphatic heterocycles. The molecule has 0 aromatic heterocycles. The molecule has 1 unspecified atom stereocenters. The Morgan fingerprint density at radius 3 is 2.59 bits per heavy atom. The second-order valence-corrected chi connectivity index (χ2v) is 8.97. The van der Waals surface area contributed by atoms with E-state index < -0.39 is 5.97 Å². The molecule has 0 bridgehead atoms. The Morgan fingerprint density at radius 1 is 1.10 bits per heavy atom. The highest BCUT2D eigenvalue weighted by Gasteiger charge is 2.32. The van der Waals surface area contributed by atoms with E-state index in [0.29, 0.717) is 35.4 Å². The summed E-state index contributed by atoms with van der Waals surface area (Å²) in [6, 6.07) is 24.4. The van der Waals surface area contributed by atoms with E-state index >= 15 is 0 Å². The van der Waals surface area contributed by atoms with Crippen molar-refractivity contribution in [1.29, 1.82) is 0 Å². The average molecular weight is 545 g/mol. The molecule has 0 fully saturated rings. The maximum absolute atomic E-state index is 13.1. The van der Waals surface area contributed by atoms with Gasteiger partial charge in [0.05, 0.1) is 18.9 Å². The normalized spacial score (nSPS) is 15.3. The van der Waals surface area contributed by atoms with Crippen LogP contribution in [0, 0.1) is 0 Å². The Bertz CT molecular complexity index is 1390. The van der Waals surface area contributed by atoms with Gasteiger partial charge in [-0.25, -0.2) is 9.80 Å². The van der Waals surface area contributed by atoms with E-state index in [1.54, 1.807) is 49.3 Å². The largest absolute Gasteiger partial charge is 0.490 e. The second-order valence-electron chi connectivity index (χ2n) is 8.53. The van der Waals surface area contributed by atoms with Gasteiger partial charge in [-0.05, 0) is 54.5 Å². The standard InChI is InChI=1S/C30H29ClN4O4/c1-3-38-27(36)13-8-18-39-25-12-7-11-23(19-25)29(37)33-30(32-2)35-20-26(21-9-5-4-6-10-21)28(34-35)22-14-16-24(31)17-15-22/h4-17,19,26H,3,18,20H2,1-2H3,(H,32,33,37)/b13-8+. The maximum Gasteiger partial charge on any atom is 0.330 e. The molecule has 1 atom stereocenters. The lowest BCUT2D eigenvalue weighted by atomic mass is 9.91. The number of nitrogens with zero attached hydrogens (tertiary/aromatic N) is 3. The number of ether oxygens (including phenoxy) is 2. The molecule has 0 radical (unpaired) electrons. The number of carbonyl (C=O) groups excluding carboxylic acids is 2. The first-order valence-electron chi connectivity index (χ1n) is 12.5. The van der Waals surface area contributed by atoms with Gasteiger partial charge < -0.3 is 9.47 Å². The predicted octanol–water partition coefficient (Wildman–Crippen LogP) is 5.06. The van der Waals surface area contributed by atoms with Crippen LogP contribution in [-0.2, 0) is 9.53 Å². The number of carbonyl (C=O) groups is 2. The number of nitrogens with one attached hydrogen (secondary N) is 1. The molecule has 4 rings (SSSR count). The second kappa shape index (κ2) is 13.4. The zero-order valence-corrected chi connectivity index (χ0v) is 22.5. The first-order valence-corrected chi connectivity index (χ1v) is 12.9. The van der Waals surface area contributed by atoms with Crippen molar-refractivity contribution >= 4 is 35.1 Å². The van der Waals surface area contributed by atoms with Gasteiger partial charge in [-0.15, -0.1) is 0 Å². The highest BCUT2D eigenvalue weighted by Crippen LogP contribution is 2.29. The summed E-state index contributed by atoms with van der Waals surface area (Å²) >= 11 is 6.11. The Kier molecular flexibility index (Phi) is 9.48. The molecular weight excluding hydrogens is 516 g/mol. The van der Waals surface area contributed by atoms with Gasteiger partial charge in [0.1, 0.15) is 12.4 Å². The first-order chi connectivity index (χ1) is 19.0. The zero-order valence-electron chi connectivity index (χ0n) is 21.7. The maximum atomic E-state index is 13.1. The fourth-order valence-corrected chi connectivity index (χ4v) is 4.20. The van der Waals surface area contributed by atoms with Gasteiger partial charge in [-0.1, -0.05) is 60.1 Å². The summed E-state index contributed by atoms with van der Waals surface area (Å²) in [5.74, 6) is 0.00179. The van der Waals surface area contributed by atoms with E-state index in [2.05, 4.69) is 22.4 Å². The van der Waals surface area contributed by atoms with Gasteiger partial charge >= 0.3 is 5.97 Å². The van der Waals surface area contributed by atoms with Crippen molar-refractivity contribution in [2.24, 2.45) is 10.1 Å². The number of hydrogen-bond donors (Lipinski definition) is 1. The van der Waals surface area contributed by atoms with Crippen LogP contribution in [0.3, 0.4) is 0 Å². The van der Waals surface area contributed by atoms with Crippen LogP contribution in [0.25, 0.3) is 0 Å². The molecule has 8 nitrogen and oxygen atoms in total. The molecular formula is C30H29ClN4O4. The third-order valence-electron chi connectivity index (χ3n) is 5.92. The molecule has 0 saturated carbocycles. The molecule has 9 heteroatoms. The summed E-state index contributed by atoms with van der Waals surface area (Å²) in [6.45, 7) is 2.71. The molecule has 0 spiro atoms. The van der Waals surface area contributed by atoms with Crippen LogP contribution < -0.4 is 10.1 Å². The number of hydrogen-bond acceptors (Lipinski definition) is 6. The van der Waals surface area contributed by atoms with Crippen LogP contribution in [0.2, 0.25) is 5.02 Å². The summed E-state index contributed by atoms with van der Waals surface area (Å²) < 4.78 is 10.5. The van der Waals surface area contributed by atoms with Crippen LogP contribution in [0.5, 0.6) is 5.75 Å². The fourth-order valence-electron chi connectivity index (χ4n) is 4.08. The predicted molar refractivity (Wildman–Crippen MR) is 152 cm³/mol. The first kappa shape index (κ1) is 27.6. The van der Waals surface area contributed by atoms with Crippen molar-refractivity contribution in [2.45, 2.75) is 12.8 Å². The molecule has 39 heavy (non-hydrogen) atoms. The minimum atomic E-state index is -0.432. The number of amides is 1. The van der Waals surface area contributed by atoms with E-state index in [-0.39, 0.29) is 18.4 Å². The van der Waals surface area contributed by atoms with E-state index in [9.17, 15) is 9.59 Å². The third kappa shape index (κ3) is 7.33. The molecule has 1 N–H and O–H groups in total. The van der Waals surface area contributed by atoms with E-state index in [1.165, 1.54) is 6.08 Å². The molecule has 1 amide bonds. The van der Waals surface area contributed by atoms with Crippen molar-refractivity contribution in [3.63, 3.8) is 0 Å². The minimum Gasteiger partial charge on any atom is -0.490 e. The monoisotopic (exact) mass is 544 g/mol. The Hall–Kier alpha value is -4.43. The number of benzene rings is 3. The van der Waals surface area contributed by atoms with Gasteiger partial charge in [0.15, 0.2) is 0 Å². The third-order valence-corrected chi connectivity index (χ3v) is 6.17. The van der Waals surface area contributed by atoms with E-state index in [0.717, 1.165) is 16.8 Å². The molecule has 1 aliphatic rings. The Morgan fingerprint density at radius 2 is 1.87 bits per heavy atom. The highest BCUT2D eigenvalue weighted by molar-refractivity contribution is 6.30. The highest BCUT2D eigenvalue weighted by atomic mass is 35.5. The van der Waals surface area contributed by atoms with E-state index in [1.807, 2.05) is 42.5 Å². The van der Waals surface area contributed by atoms with Crippen LogP contribution in [-0.4, -0.2) is 55.4 Å². The molecule has 3 aromatic rings. The van der Waals surface area contributed by atoms with Crippen molar-refractivity contribution < 1.29 is 19.1 Å². The van der Waals surface area contributed by atoms with Crippen molar-refractivity contribution in [3.05, 3.63) is 113 Å². The smallest absolute Gasteiger partial charge is 0.330 e.